The monoisotopic (exact) mass is 352 g/mol. The lowest BCUT2D eigenvalue weighted by Gasteiger charge is -2.24. The molecule has 4 aromatic carbocycles. The van der Waals surface area contributed by atoms with Crippen LogP contribution in [-0.2, 0) is 0 Å². The Kier molecular flexibility index (Phi) is 2.42. The molecule has 5 aromatic rings. The molecule has 126 valence electrons. The maximum Gasteiger partial charge on any atom is 0.248 e. The maximum atomic E-state index is 9.74. The average Bonchev–Trinajstić information content (AvgIpc) is 3.27. The molecule has 0 saturated heterocycles. The molecule has 0 saturated carbocycles. The van der Waals surface area contributed by atoms with Crippen LogP contribution in [0.1, 0.15) is 5.56 Å². The Bertz CT molecular complexity index is 1530. The minimum atomic E-state index is 0.258. The summed E-state index contributed by atoms with van der Waals surface area (Å²) in [5.41, 5.74) is 11.1. The Morgan fingerprint density at radius 3 is 2.46 bits per heavy atom. The van der Waals surface area contributed by atoms with Crippen molar-refractivity contribution in [3.63, 3.8) is 0 Å². The number of nitrogens with zero attached hydrogens (tertiary/aromatic N) is 2. The molecule has 2 aliphatic rings. The summed E-state index contributed by atoms with van der Waals surface area (Å²) in [7, 11) is 0. The molecule has 0 amide bonds. The maximum absolute atomic E-state index is 9.74. The van der Waals surface area contributed by atoms with Gasteiger partial charge in [0.05, 0.1) is 17.1 Å². The molecule has 1 aromatic heterocycles. The molecule has 2 nitrogen and oxygen atoms in total. The topological polar surface area (TPSA) is 28.7 Å². The Balaban J connectivity index is 1.78. The standard InChI is InChI=1S/C25H13BN2/c27-14-15-6-3-12-21-23(15)18-9-4-11-20-25(18)28(21)22-13-5-8-17-16-7-1-2-10-19(16)26(20)24(17)22/h1-13H. The summed E-state index contributed by atoms with van der Waals surface area (Å²) in [6, 6.07) is 30.4. The molecule has 3 heteroatoms. The molecule has 0 unspecified atom stereocenters. The number of hydrogen-bond acceptors (Lipinski definition) is 1. The van der Waals surface area contributed by atoms with Gasteiger partial charge in [0.15, 0.2) is 0 Å². The van der Waals surface area contributed by atoms with Crippen molar-refractivity contribution in [1.82, 2.24) is 4.57 Å². The van der Waals surface area contributed by atoms with E-state index in [9.17, 15) is 5.26 Å². The van der Waals surface area contributed by atoms with E-state index in [-0.39, 0.29) is 6.71 Å². The molecule has 0 N–H and O–H groups in total. The van der Waals surface area contributed by atoms with Gasteiger partial charge in [0.2, 0.25) is 6.71 Å². The fourth-order valence-electron chi connectivity index (χ4n) is 5.48. The van der Waals surface area contributed by atoms with Crippen molar-refractivity contribution >= 4 is 44.9 Å². The van der Waals surface area contributed by atoms with Crippen LogP contribution in [0.15, 0.2) is 78.9 Å². The van der Waals surface area contributed by atoms with E-state index in [0.717, 1.165) is 16.5 Å². The number of nitriles is 1. The smallest absolute Gasteiger partial charge is 0.248 e. The van der Waals surface area contributed by atoms with Gasteiger partial charge >= 0.3 is 0 Å². The Morgan fingerprint density at radius 2 is 1.54 bits per heavy atom. The molecule has 0 fully saturated rings. The molecule has 0 radical (unpaired) electrons. The fraction of sp³-hybridized carbons (Fsp3) is 0. The largest absolute Gasteiger partial charge is 0.310 e. The Morgan fingerprint density at radius 1 is 0.750 bits per heavy atom. The second-order valence-corrected chi connectivity index (χ2v) is 7.65. The van der Waals surface area contributed by atoms with E-state index in [1.165, 1.54) is 44.1 Å². The third-order valence-electron chi connectivity index (χ3n) is 6.45. The SMILES string of the molecule is N#Cc1cccc2c1c1cccc3c1n2-c1cccc2c1B3c1ccccc1-2. The quantitative estimate of drug-likeness (QED) is 0.384. The minimum Gasteiger partial charge on any atom is -0.310 e. The molecule has 0 aliphatic carbocycles. The Hall–Kier alpha value is -3.77. The van der Waals surface area contributed by atoms with E-state index < -0.39 is 0 Å². The van der Waals surface area contributed by atoms with Crippen molar-refractivity contribution in [3.8, 4) is 22.9 Å². The van der Waals surface area contributed by atoms with Crippen molar-refractivity contribution in [1.29, 1.82) is 5.26 Å². The van der Waals surface area contributed by atoms with Crippen LogP contribution >= 0.6 is 0 Å². The van der Waals surface area contributed by atoms with E-state index in [1.807, 2.05) is 12.1 Å². The van der Waals surface area contributed by atoms with Crippen molar-refractivity contribution < 1.29 is 0 Å². The zero-order valence-corrected chi connectivity index (χ0v) is 15.0. The van der Waals surface area contributed by atoms with Crippen LogP contribution in [0.2, 0.25) is 0 Å². The molecule has 7 rings (SSSR count). The van der Waals surface area contributed by atoms with E-state index in [2.05, 4.69) is 77.4 Å². The van der Waals surface area contributed by atoms with E-state index in [0.29, 0.717) is 0 Å². The van der Waals surface area contributed by atoms with Crippen molar-refractivity contribution in [3.05, 3.63) is 84.4 Å². The molecule has 2 aliphatic heterocycles. The first-order valence-corrected chi connectivity index (χ1v) is 9.57. The van der Waals surface area contributed by atoms with E-state index in [4.69, 9.17) is 0 Å². The van der Waals surface area contributed by atoms with Crippen LogP contribution in [0.5, 0.6) is 0 Å². The average molecular weight is 352 g/mol. The Labute approximate surface area is 162 Å². The van der Waals surface area contributed by atoms with Crippen LogP contribution < -0.4 is 16.4 Å². The summed E-state index contributed by atoms with van der Waals surface area (Å²) in [5, 5.41) is 12.0. The van der Waals surface area contributed by atoms with Gasteiger partial charge in [0.25, 0.3) is 0 Å². The number of fused-ring (bicyclic) bond motifs is 8. The lowest BCUT2D eigenvalue weighted by molar-refractivity contribution is 1.19. The van der Waals surface area contributed by atoms with Crippen LogP contribution in [0.4, 0.5) is 0 Å². The van der Waals surface area contributed by atoms with Gasteiger partial charge in [-0.2, -0.15) is 5.26 Å². The first-order valence-electron chi connectivity index (χ1n) is 9.57. The van der Waals surface area contributed by atoms with Gasteiger partial charge in [-0.15, -0.1) is 0 Å². The van der Waals surface area contributed by atoms with Gasteiger partial charge in [-0.25, -0.2) is 0 Å². The second-order valence-electron chi connectivity index (χ2n) is 7.65. The van der Waals surface area contributed by atoms with Gasteiger partial charge in [0, 0.05) is 22.0 Å². The van der Waals surface area contributed by atoms with E-state index >= 15 is 0 Å². The summed E-state index contributed by atoms with van der Waals surface area (Å²) < 4.78 is 2.38. The van der Waals surface area contributed by atoms with Crippen LogP contribution in [0.3, 0.4) is 0 Å². The summed E-state index contributed by atoms with van der Waals surface area (Å²) in [5.74, 6) is 0. The number of aromatic nitrogens is 1. The molecule has 3 heterocycles. The number of hydrogen-bond donors (Lipinski definition) is 0. The number of para-hydroxylation sites is 1. The molecule has 0 atom stereocenters. The number of benzene rings is 4. The van der Waals surface area contributed by atoms with Gasteiger partial charge in [0.1, 0.15) is 0 Å². The molecular formula is C25H13BN2. The summed E-state index contributed by atoms with van der Waals surface area (Å²) in [6.07, 6.45) is 0. The van der Waals surface area contributed by atoms with Gasteiger partial charge in [-0.1, -0.05) is 66.1 Å². The molecule has 0 bridgehead atoms. The molecular weight excluding hydrogens is 339 g/mol. The van der Waals surface area contributed by atoms with Crippen molar-refractivity contribution in [2.45, 2.75) is 0 Å². The second kappa shape index (κ2) is 4.74. The van der Waals surface area contributed by atoms with Gasteiger partial charge in [-0.3, -0.25) is 0 Å². The minimum absolute atomic E-state index is 0.258. The zero-order valence-electron chi connectivity index (χ0n) is 15.0. The summed E-state index contributed by atoms with van der Waals surface area (Å²) in [6.45, 7) is 0.258. The highest BCUT2D eigenvalue weighted by atomic mass is 15.0. The fourth-order valence-corrected chi connectivity index (χ4v) is 5.48. The van der Waals surface area contributed by atoms with Crippen LogP contribution in [-0.4, -0.2) is 11.3 Å². The third kappa shape index (κ3) is 1.45. The van der Waals surface area contributed by atoms with Crippen molar-refractivity contribution in [2.75, 3.05) is 0 Å². The molecule has 0 spiro atoms. The number of rotatable bonds is 0. The normalized spacial score (nSPS) is 12.9. The lowest BCUT2D eigenvalue weighted by Crippen LogP contribution is -2.53. The van der Waals surface area contributed by atoms with Crippen molar-refractivity contribution in [2.24, 2.45) is 0 Å². The summed E-state index contributed by atoms with van der Waals surface area (Å²) in [4.78, 5) is 0. The van der Waals surface area contributed by atoms with Crippen LogP contribution in [0, 0.1) is 11.3 Å². The first-order chi connectivity index (χ1) is 13.9. The summed E-state index contributed by atoms with van der Waals surface area (Å²) >= 11 is 0. The zero-order chi connectivity index (χ0) is 18.4. The highest BCUT2D eigenvalue weighted by molar-refractivity contribution is 7.01. The van der Waals surface area contributed by atoms with E-state index in [1.54, 1.807) is 0 Å². The third-order valence-corrected chi connectivity index (χ3v) is 6.45. The highest BCUT2D eigenvalue weighted by Gasteiger charge is 2.40. The molecule has 28 heavy (non-hydrogen) atoms. The highest BCUT2D eigenvalue weighted by Crippen LogP contribution is 2.37. The first kappa shape index (κ1) is 14.3. The van der Waals surface area contributed by atoms with Crippen LogP contribution in [0.25, 0.3) is 38.6 Å². The lowest BCUT2D eigenvalue weighted by atomic mass is 9.37. The van der Waals surface area contributed by atoms with Gasteiger partial charge < -0.3 is 4.57 Å². The predicted octanol–water partition coefficient (Wildman–Crippen LogP) is 3.47. The predicted molar refractivity (Wildman–Crippen MR) is 116 cm³/mol. The van der Waals surface area contributed by atoms with Gasteiger partial charge in [-0.05, 0) is 40.3 Å².